The number of aryl methyl sites for hydroxylation is 1. The molecule has 114 valence electrons. The van der Waals surface area contributed by atoms with E-state index in [9.17, 15) is 4.79 Å². The van der Waals surface area contributed by atoms with Crippen LogP contribution in [0, 0.1) is 6.92 Å². The minimum absolute atomic E-state index is 0. The Bertz CT molecular complexity index is 464. The lowest BCUT2D eigenvalue weighted by Gasteiger charge is -2.20. The van der Waals surface area contributed by atoms with Gasteiger partial charge in [0.15, 0.2) is 11.5 Å². The molecule has 2 unspecified atom stereocenters. The first-order chi connectivity index (χ1) is 8.90. The minimum atomic E-state index is -0.525. The first kappa shape index (κ1) is 18.5. The molecule has 0 aromatic heterocycles. The second kappa shape index (κ2) is 7.97. The highest BCUT2D eigenvalue weighted by Crippen LogP contribution is 2.32. The molecule has 0 aliphatic rings. The fourth-order valence-electron chi connectivity index (χ4n) is 1.89. The number of carbonyl (C=O) groups excluding carboxylic acids is 1. The molecule has 1 aromatic carbocycles. The predicted octanol–water partition coefficient (Wildman–Crippen LogP) is 1.96. The molecule has 0 aliphatic carbocycles. The Kier molecular flexibility index (Phi) is 7.39. The smallest absolute Gasteiger partial charge is 0.237 e. The molecule has 0 bridgehead atoms. The molecule has 5 nitrogen and oxygen atoms in total. The summed E-state index contributed by atoms with van der Waals surface area (Å²) in [4.78, 5) is 11.6. The van der Waals surface area contributed by atoms with Crippen LogP contribution < -0.4 is 20.5 Å². The molecule has 1 aromatic rings. The zero-order chi connectivity index (χ0) is 14.6. The van der Waals surface area contributed by atoms with Crippen LogP contribution in [-0.2, 0) is 4.79 Å². The van der Waals surface area contributed by atoms with Gasteiger partial charge in [-0.3, -0.25) is 4.79 Å². The van der Waals surface area contributed by atoms with E-state index < -0.39 is 6.04 Å². The Balaban J connectivity index is 0.00000361. The van der Waals surface area contributed by atoms with Gasteiger partial charge in [0.2, 0.25) is 5.91 Å². The number of amides is 1. The van der Waals surface area contributed by atoms with Crippen molar-refractivity contribution in [2.24, 2.45) is 5.73 Å². The van der Waals surface area contributed by atoms with Crippen LogP contribution in [0.15, 0.2) is 12.1 Å². The second-order valence-electron chi connectivity index (χ2n) is 4.58. The summed E-state index contributed by atoms with van der Waals surface area (Å²) in [6, 6.07) is 3.10. The molecule has 6 heteroatoms. The maximum atomic E-state index is 11.6. The first-order valence-corrected chi connectivity index (χ1v) is 6.19. The van der Waals surface area contributed by atoms with E-state index in [-0.39, 0.29) is 24.4 Å². The van der Waals surface area contributed by atoms with E-state index in [2.05, 4.69) is 5.32 Å². The van der Waals surface area contributed by atoms with Crippen molar-refractivity contribution < 1.29 is 14.3 Å². The van der Waals surface area contributed by atoms with Crippen LogP contribution >= 0.6 is 12.4 Å². The van der Waals surface area contributed by atoms with Gasteiger partial charge in [0, 0.05) is 0 Å². The van der Waals surface area contributed by atoms with Crippen LogP contribution in [0.25, 0.3) is 0 Å². The molecular weight excluding hydrogens is 280 g/mol. The number of hydrogen-bond donors (Lipinski definition) is 2. The van der Waals surface area contributed by atoms with Gasteiger partial charge in [-0.05, 0) is 44.0 Å². The molecule has 0 aliphatic heterocycles. The number of nitrogens with two attached hydrogens (primary N) is 1. The molecule has 20 heavy (non-hydrogen) atoms. The van der Waals surface area contributed by atoms with Crippen molar-refractivity contribution in [3.05, 3.63) is 23.3 Å². The number of rotatable bonds is 5. The van der Waals surface area contributed by atoms with E-state index in [1.165, 1.54) is 0 Å². The van der Waals surface area contributed by atoms with Gasteiger partial charge >= 0.3 is 0 Å². The van der Waals surface area contributed by atoms with Gasteiger partial charge in [-0.2, -0.15) is 0 Å². The predicted molar refractivity (Wildman–Crippen MR) is 81.7 cm³/mol. The highest BCUT2D eigenvalue weighted by molar-refractivity contribution is 5.85. The lowest BCUT2D eigenvalue weighted by molar-refractivity contribution is -0.122. The summed E-state index contributed by atoms with van der Waals surface area (Å²) in [5.41, 5.74) is 7.55. The van der Waals surface area contributed by atoms with Crippen LogP contribution in [0.5, 0.6) is 11.5 Å². The topological polar surface area (TPSA) is 73.6 Å². The van der Waals surface area contributed by atoms with Crippen LogP contribution in [0.4, 0.5) is 0 Å². The average molecular weight is 303 g/mol. The Labute approximate surface area is 126 Å². The Hall–Kier alpha value is -1.46. The van der Waals surface area contributed by atoms with Gasteiger partial charge in [-0.1, -0.05) is 0 Å². The summed E-state index contributed by atoms with van der Waals surface area (Å²) in [6.07, 6.45) is 0. The summed E-state index contributed by atoms with van der Waals surface area (Å²) < 4.78 is 10.5. The van der Waals surface area contributed by atoms with Gasteiger partial charge < -0.3 is 20.5 Å². The number of benzene rings is 1. The Morgan fingerprint density at radius 2 is 1.70 bits per heavy atom. The number of nitrogens with one attached hydrogen (secondary N) is 1. The second-order valence-corrected chi connectivity index (χ2v) is 4.58. The molecule has 1 rings (SSSR count). The van der Waals surface area contributed by atoms with Gasteiger partial charge in [0.05, 0.1) is 26.3 Å². The van der Waals surface area contributed by atoms with E-state index in [1.807, 2.05) is 26.0 Å². The van der Waals surface area contributed by atoms with E-state index >= 15 is 0 Å². The third-order valence-electron chi connectivity index (χ3n) is 3.01. The quantitative estimate of drug-likeness (QED) is 0.872. The molecule has 1 amide bonds. The van der Waals surface area contributed by atoms with Crippen molar-refractivity contribution >= 4 is 18.3 Å². The molecule has 0 saturated heterocycles. The SMILES string of the molecule is COc1cc(C)c(C(C)NC(=O)C(C)N)cc1OC.Cl. The highest BCUT2D eigenvalue weighted by atomic mass is 35.5. The van der Waals surface area contributed by atoms with Crippen molar-refractivity contribution in [2.75, 3.05) is 14.2 Å². The van der Waals surface area contributed by atoms with Crippen molar-refractivity contribution in [1.29, 1.82) is 0 Å². The maximum Gasteiger partial charge on any atom is 0.237 e. The number of methoxy groups -OCH3 is 2. The molecule has 0 radical (unpaired) electrons. The van der Waals surface area contributed by atoms with Crippen LogP contribution in [-0.4, -0.2) is 26.2 Å². The molecule has 0 spiro atoms. The highest BCUT2D eigenvalue weighted by Gasteiger charge is 2.17. The molecule has 0 fully saturated rings. The lowest BCUT2D eigenvalue weighted by Crippen LogP contribution is -2.39. The summed E-state index contributed by atoms with van der Waals surface area (Å²) in [5.74, 6) is 1.14. The summed E-state index contributed by atoms with van der Waals surface area (Å²) in [6.45, 7) is 5.53. The number of halogens is 1. The molecular formula is C14H23ClN2O3. The van der Waals surface area contributed by atoms with Gasteiger partial charge in [-0.15, -0.1) is 12.4 Å². The monoisotopic (exact) mass is 302 g/mol. The number of hydrogen-bond acceptors (Lipinski definition) is 4. The van der Waals surface area contributed by atoms with Gasteiger partial charge in [0.25, 0.3) is 0 Å². The fourth-order valence-corrected chi connectivity index (χ4v) is 1.89. The normalized spacial score (nSPS) is 12.9. The molecule has 3 N–H and O–H groups in total. The molecule has 0 saturated carbocycles. The summed E-state index contributed by atoms with van der Waals surface area (Å²) in [7, 11) is 3.18. The third-order valence-corrected chi connectivity index (χ3v) is 3.01. The summed E-state index contributed by atoms with van der Waals surface area (Å²) >= 11 is 0. The zero-order valence-electron chi connectivity index (χ0n) is 12.5. The lowest BCUT2D eigenvalue weighted by atomic mass is 10.0. The van der Waals surface area contributed by atoms with Crippen LogP contribution in [0.2, 0.25) is 0 Å². The Morgan fingerprint density at radius 1 is 1.20 bits per heavy atom. The first-order valence-electron chi connectivity index (χ1n) is 6.19. The number of carbonyl (C=O) groups is 1. The third kappa shape index (κ3) is 4.28. The molecule has 2 atom stereocenters. The molecule has 0 heterocycles. The van der Waals surface area contributed by atoms with Crippen molar-refractivity contribution in [3.8, 4) is 11.5 Å². The van der Waals surface area contributed by atoms with Crippen molar-refractivity contribution in [3.63, 3.8) is 0 Å². The Morgan fingerprint density at radius 3 is 2.15 bits per heavy atom. The average Bonchev–Trinajstić information content (AvgIpc) is 2.37. The fraction of sp³-hybridized carbons (Fsp3) is 0.500. The number of ether oxygens (including phenoxy) is 2. The van der Waals surface area contributed by atoms with Crippen LogP contribution in [0.3, 0.4) is 0 Å². The largest absolute Gasteiger partial charge is 0.493 e. The van der Waals surface area contributed by atoms with Crippen LogP contribution in [0.1, 0.15) is 31.0 Å². The van der Waals surface area contributed by atoms with E-state index in [0.717, 1.165) is 11.1 Å². The standard InChI is InChI=1S/C14H22N2O3.ClH/c1-8-6-12(18-4)13(19-5)7-11(8)10(3)16-14(17)9(2)15;/h6-7,9-10H,15H2,1-5H3,(H,16,17);1H. The van der Waals surface area contributed by atoms with E-state index in [1.54, 1.807) is 21.1 Å². The van der Waals surface area contributed by atoms with E-state index in [0.29, 0.717) is 11.5 Å². The van der Waals surface area contributed by atoms with Crippen molar-refractivity contribution in [1.82, 2.24) is 5.32 Å². The maximum absolute atomic E-state index is 11.6. The van der Waals surface area contributed by atoms with E-state index in [4.69, 9.17) is 15.2 Å². The summed E-state index contributed by atoms with van der Waals surface area (Å²) in [5, 5.41) is 2.86. The van der Waals surface area contributed by atoms with Gasteiger partial charge in [0.1, 0.15) is 0 Å². The van der Waals surface area contributed by atoms with Crippen molar-refractivity contribution in [2.45, 2.75) is 32.9 Å². The minimum Gasteiger partial charge on any atom is -0.493 e. The van der Waals surface area contributed by atoms with Gasteiger partial charge in [-0.25, -0.2) is 0 Å². The zero-order valence-corrected chi connectivity index (χ0v) is 13.3.